The molecule has 4 heteroatoms. The van der Waals surface area contributed by atoms with Gasteiger partial charge in [-0.1, -0.05) is 32.6 Å². The minimum atomic E-state index is -0.310. The van der Waals surface area contributed by atoms with Crippen LogP contribution in [0.2, 0.25) is 0 Å². The molecule has 0 radical (unpaired) electrons. The number of halogens is 2. The first kappa shape index (κ1) is 16.2. The minimum absolute atomic E-state index is 0.00175. The smallest absolute Gasteiger partial charge is 0.224 e. The molecular formula is C15H21BrFNO. The van der Waals surface area contributed by atoms with Gasteiger partial charge in [0.1, 0.15) is 5.82 Å². The zero-order valence-corrected chi connectivity index (χ0v) is 13.1. The van der Waals surface area contributed by atoms with Crippen LogP contribution in [0.5, 0.6) is 0 Å². The van der Waals surface area contributed by atoms with Gasteiger partial charge in [0.05, 0.1) is 4.47 Å². The van der Waals surface area contributed by atoms with Gasteiger partial charge >= 0.3 is 0 Å². The van der Waals surface area contributed by atoms with Gasteiger partial charge in [0.2, 0.25) is 5.91 Å². The Bertz CT molecular complexity index is 434. The second kappa shape index (κ2) is 8.31. The molecule has 0 unspecified atom stereocenters. The zero-order valence-electron chi connectivity index (χ0n) is 11.6. The van der Waals surface area contributed by atoms with Crippen molar-refractivity contribution in [1.82, 2.24) is 0 Å². The van der Waals surface area contributed by atoms with Crippen molar-refractivity contribution in [2.75, 3.05) is 5.32 Å². The first-order valence-corrected chi connectivity index (χ1v) is 7.59. The molecule has 1 aromatic carbocycles. The maximum Gasteiger partial charge on any atom is 0.224 e. The monoisotopic (exact) mass is 329 g/mol. The fourth-order valence-corrected chi connectivity index (χ4v) is 2.23. The number of rotatable bonds is 7. The highest BCUT2D eigenvalue weighted by Gasteiger charge is 2.08. The van der Waals surface area contributed by atoms with Gasteiger partial charge in [-0.3, -0.25) is 4.79 Å². The number of nitrogens with one attached hydrogen (secondary N) is 1. The highest BCUT2D eigenvalue weighted by molar-refractivity contribution is 9.10. The van der Waals surface area contributed by atoms with Crippen LogP contribution >= 0.6 is 15.9 Å². The van der Waals surface area contributed by atoms with Crippen LogP contribution in [-0.4, -0.2) is 5.91 Å². The van der Waals surface area contributed by atoms with E-state index in [0.717, 1.165) is 18.4 Å². The summed E-state index contributed by atoms with van der Waals surface area (Å²) in [6.45, 7) is 3.95. The fourth-order valence-electron chi connectivity index (χ4n) is 1.88. The summed E-state index contributed by atoms with van der Waals surface area (Å²) in [7, 11) is 0. The van der Waals surface area contributed by atoms with Crippen molar-refractivity contribution in [1.29, 1.82) is 0 Å². The number of benzene rings is 1. The Labute approximate surface area is 122 Å². The van der Waals surface area contributed by atoms with Crippen LogP contribution in [0.15, 0.2) is 16.6 Å². The quantitative estimate of drug-likeness (QED) is 0.685. The van der Waals surface area contributed by atoms with E-state index >= 15 is 0 Å². The average molecular weight is 330 g/mol. The fraction of sp³-hybridized carbons (Fsp3) is 0.533. The molecule has 0 saturated carbocycles. The normalized spacial score (nSPS) is 10.5. The van der Waals surface area contributed by atoms with Gasteiger partial charge in [0.15, 0.2) is 0 Å². The molecular weight excluding hydrogens is 309 g/mol. The lowest BCUT2D eigenvalue weighted by molar-refractivity contribution is -0.116. The molecule has 0 aliphatic heterocycles. The van der Waals surface area contributed by atoms with Crippen LogP contribution in [0.25, 0.3) is 0 Å². The molecule has 1 aromatic rings. The lowest BCUT2D eigenvalue weighted by Gasteiger charge is -2.09. The zero-order chi connectivity index (χ0) is 14.3. The number of aryl methyl sites for hydroxylation is 1. The Hall–Kier alpha value is -0.900. The highest BCUT2D eigenvalue weighted by atomic mass is 79.9. The predicted octanol–water partition coefficient (Wildman–Crippen LogP) is 5.20. The van der Waals surface area contributed by atoms with Gasteiger partial charge in [-0.05, 0) is 47.0 Å². The van der Waals surface area contributed by atoms with Crippen molar-refractivity contribution in [3.8, 4) is 0 Å². The van der Waals surface area contributed by atoms with Crippen LogP contribution < -0.4 is 5.32 Å². The van der Waals surface area contributed by atoms with Crippen molar-refractivity contribution < 1.29 is 9.18 Å². The maximum atomic E-state index is 13.3. The van der Waals surface area contributed by atoms with Crippen molar-refractivity contribution in [2.24, 2.45) is 0 Å². The Morgan fingerprint density at radius 1 is 1.26 bits per heavy atom. The van der Waals surface area contributed by atoms with Crippen LogP contribution in [0.4, 0.5) is 10.1 Å². The SMILES string of the molecule is CCCCCCCC(=O)Nc1cc(Br)c(F)cc1C. The van der Waals surface area contributed by atoms with E-state index in [1.54, 1.807) is 13.0 Å². The van der Waals surface area contributed by atoms with E-state index in [9.17, 15) is 9.18 Å². The lowest BCUT2D eigenvalue weighted by atomic mass is 10.1. The number of anilines is 1. The summed E-state index contributed by atoms with van der Waals surface area (Å²) in [6.07, 6.45) is 6.14. The summed E-state index contributed by atoms with van der Waals surface area (Å²) in [5, 5.41) is 2.83. The number of carbonyl (C=O) groups excluding carboxylic acids is 1. The summed E-state index contributed by atoms with van der Waals surface area (Å²) < 4.78 is 13.6. The maximum absolute atomic E-state index is 13.3. The molecule has 0 aliphatic carbocycles. The largest absolute Gasteiger partial charge is 0.326 e. The number of carbonyl (C=O) groups is 1. The highest BCUT2D eigenvalue weighted by Crippen LogP contribution is 2.24. The lowest BCUT2D eigenvalue weighted by Crippen LogP contribution is -2.12. The van der Waals surface area contributed by atoms with Gasteiger partial charge in [0.25, 0.3) is 0 Å². The number of amides is 1. The molecule has 1 rings (SSSR count). The summed E-state index contributed by atoms with van der Waals surface area (Å²) in [4.78, 5) is 11.8. The third kappa shape index (κ3) is 5.72. The number of hydrogen-bond donors (Lipinski definition) is 1. The molecule has 0 fully saturated rings. The van der Waals surface area contributed by atoms with E-state index in [1.165, 1.54) is 25.3 Å². The molecule has 0 saturated heterocycles. The van der Waals surface area contributed by atoms with E-state index < -0.39 is 0 Å². The average Bonchev–Trinajstić information content (AvgIpc) is 2.35. The van der Waals surface area contributed by atoms with E-state index in [1.807, 2.05) is 0 Å². The molecule has 1 amide bonds. The second-order valence-electron chi connectivity index (χ2n) is 4.79. The van der Waals surface area contributed by atoms with E-state index in [-0.39, 0.29) is 11.7 Å². The molecule has 2 nitrogen and oxygen atoms in total. The number of unbranched alkanes of at least 4 members (excludes halogenated alkanes) is 4. The minimum Gasteiger partial charge on any atom is -0.326 e. The molecule has 106 valence electrons. The predicted molar refractivity (Wildman–Crippen MR) is 80.8 cm³/mol. The summed E-state index contributed by atoms with van der Waals surface area (Å²) in [5.74, 6) is -0.312. The Balaban J connectivity index is 2.42. The molecule has 0 atom stereocenters. The third-order valence-corrected chi connectivity index (χ3v) is 3.66. The third-order valence-electron chi connectivity index (χ3n) is 3.05. The van der Waals surface area contributed by atoms with Crippen molar-refractivity contribution in [3.05, 3.63) is 28.0 Å². The number of hydrogen-bond acceptors (Lipinski definition) is 1. The van der Waals surface area contributed by atoms with Gasteiger partial charge in [-0.2, -0.15) is 0 Å². The Kier molecular flexibility index (Phi) is 7.06. The van der Waals surface area contributed by atoms with Crippen molar-refractivity contribution >= 4 is 27.5 Å². The van der Waals surface area contributed by atoms with Crippen LogP contribution in [0, 0.1) is 12.7 Å². The summed E-state index contributed by atoms with van der Waals surface area (Å²) >= 11 is 3.12. The molecule has 0 aromatic heterocycles. The van der Waals surface area contributed by atoms with Gasteiger partial charge in [-0.25, -0.2) is 4.39 Å². The van der Waals surface area contributed by atoms with Gasteiger partial charge in [0, 0.05) is 12.1 Å². The van der Waals surface area contributed by atoms with Gasteiger partial charge in [-0.15, -0.1) is 0 Å². The first-order chi connectivity index (χ1) is 9.04. The van der Waals surface area contributed by atoms with Crippen LogP contribution in [0.1, 0.15) is 51.0 Å². The van der Waals surface area contributed by atoms with Crippen LogP contribution in [-0.2, 0) is 4.79 Å². The first-order valence-electron chi connectivity index (χ1n) is 6.80. The molecule has 0 heterocycles. The molecule has 1 N–H and O–H groups in total. The van der Waals surface area contributed by atoms with Gasteiger partial charge < -0.3 is 5.32 Å². The van der Waals surface area contributed by atoms with Crippen molar-refractivity contribution in [2.45, 2.75) is 52.4 Å². The topological polar surface area (TPSA) is 29.1 Å². The van der Waals surface area contributed by atoms with E-state index in [0.29, 0.717) is 16.6 Å². The summed E-state index contributed by atoms with van der Waals surface area (Å²) in [5.41, 5.74) is 1.41. The Morgan fingerprint density at radius 2 is 1.95 bits per heavy atom. The summed E-state index contributed by atoms with van der Waals surface area (Å²) in [6, 6.07) is 3.03. The van der Waals surface area contributed by atoms with E-state index in [2.05, 4.69) is 28.2 Å². The Morgan fingerprint density at radius 3 is 2.63 bits per heavy atom. The van der Waals surface area contributed by atoms with Crippen LogP contribution in [0.3, 0.4) is 0 Å². The molecule has 0 spiro atoms. The molecule has 0 aliphatic rings. The molecule has 0 bridgehead atoms. The second-order valence-corrected chi connectivity index (χ2v) is 5.65. The van der Waals surface area contributed by atoms with Crippen molar-refractivity contribution in [3.63, 3.8) is 0 Å². The molecule has 19 heavy (non-hydrogen) atoms. The standard InChI is InChI=1S/C15H21BrFNO/c1-3-4-5-6-7-8-15(19)18-14-10-12(16)13(17)9-11(14)2/h9-10H,3-8H2,1-2H3,(H,18,19). The van der Waals surface area contributed by atoms with E-state index in [4.69, 9.17) is 0 Å².